The van der Waals surface area contributed by atoms with E-state index in [0.29, 0.717) is 17.9 Å². The van der Waals surface area contributed by atoms with E-state index in [9.17, 15) is 4.79 Å². The molecule has 164 valence electrons. The summed E-state index contributed by atoms with van der Waals surface area (Å²) in [6, 6.07) is 5.51. The molecule has 0 saturated heterocycles. The summed E-state index contributed by atoms with van der Waals surface area (Å²) in [6.45, 7) is 4.29. The van der Waals surface area contributed by atoms with E-state index in [1.54, 1.807) is 0 Å². The van der Waals surface area contributed by atoms with Gasteiger partial charge in [-0.1, -0.05) is 83.4 Å². The van der Waals surface area contributed by atoms with E-state index < -0.39 is 0 Å². The van der Waals surface area contributed by atoms with E-state index in [1.165, 1.54) is 70.6 Å². The van der Waals surface area contributed by atoms with Crippen LogP contribution in [0.25, 0.3) is 0 Å². The zero-order valence-electron chi connectivity index (χ0n) is 18.9. The summed E-state index contributed by atoms with van der Waals surface area (Å²) in [4.78, 5) is 12.1. The lowest BCUT2D eigenvalue weighted by atomic mass is 10.1. The van der Waals surface area contributed by atoms with Gasteiger partial charge in [0.15, 0.2) is 0 Å². The molecule has 0 amide bonds. The molecule has 0 bridgehead atoms. The average molecular weight is 402 g/mol. The van der Waals surface area contributed by atoms with Crippen LogP contribution in [0.1, 0.15) is 109 Å². The molecule has 1 rings (SSSR count). The van der Waals surface area contributed by atoms with E-state index in [1.807, 2.05) is 25.1 Å². The molecule has 0 aliphatic rings. The SMILES string of the molecule is CCCCCCCC/C=C\CCCCCCCC(=O)Oc1cccc(N)c1CC. The van der Waals surface area contributed by atoms with Crippen molar-refractivity contribution in [3.63, 3.8) is 0 Å². The first kappa shape index (κ1) is 25.3. The molecule has 1 aromatic rings. The van der Waals surface area contributed by atoms with Gasteiger partial charge in [0.25, 0.3) is 0 Å². The second kappa shape index (κ2) is 17.1. The Kier molecular flexibility index (Phi) is 14.9. The molecule has 0 unspecified atom stereocenters. The van der Waals surface area contributed by atoms with Crippen molar-refractivity contribution in [1.82, 2.24) is 0 Å². The highest BCUT2D eigenvalue weighted by Gasteiger charge is 2.10. The predicted octanol–water partition coefficient (Wildman–Crippen LogP) is 7.77. The molecule has 2 N–H and O–H groups in total. The molecular formula is C26H43NO2. The number of hydrogen-bond acceptors (Lipinski definition) is 3. The summed E-state index contributed by atoms with van der Waals surface area (Å²) in [6.07, 6.45) is 22.3. The van der Waals surface area contributed by atoms with Gasteiger partial charge in [-0.3, -0.25) is 4.79 Å². The van der Waals surface area contributed by atoms with E-state index >= 15 is 0 Å². The number of allylic oxidation sites excluding steroid dienone is 2. The summed E-state index contributed by atoms with van der Waals surface area (Å²) in [5, 5.41) is 0. The minimum absolute atomic E-state index is 0.150. The van der Waals surface area contributed by atoms with Crippen molar-refractivity contribution in [2.45, 2.75) is 110 Å². The molecule has 29 heavy (non-hydrogen) atoms. The van der Waals surface area contributed by atoms with Crippen molar-refractivity contribution in [3.8, 4) is 5.75 Å². The van der Waals surface area contributed by atoms with Crippen LogP contribution in [0.15, 0.2) is 30.4 Å². The minimum atomic E-state index is -0.150. The Balaban J connectivity index is 1.97. The van der Waals surface area contributed by atoms with E-state index in [2.05, 4.69) is 19.1 Å². The van der Waals surface area contributed by atoms with Gasteiger partial charge in [0, 0.05) is 17.7 Å². The molecule has 3 nitrogen and oxygen atoms in total. The highest BCUT2D eigenvalue weighted by Crippen LogP contribution is 2.25. The summed E-state index contributed by atoms with van der Waals surface area (Å²) >= 11 is 0. The van der Waals surface area contributed by atoms with Crippen LogP contribution in [0.5, 0.6) is 5.75 Å². The standard InChI is InChI=1S/C26H43NO2/c1-3-5-6-7-8-9-10-11-12-13-14-15-16-17-18-22-26(28)29-25-21-19-20-24(27)23(25)4-2/h11-12,19-21H,3-10,13-18,22,27H2,1-2H3/b12-11-. The lowest BCUT2D eigenvalue weighted by Gasteiger charge is -2.10. The van der Waals surface area contributed by atoms with Crippen LogP contribution in [0.2, 0.25) is 0 Å². The molecule has 0 saturated carbocycles. The van der Waals surface area contributed by atoms with Crippen molar-refractivity contribution >= 4 is 11.7 Å². The Morgan fingerprint density at radius 1 is 0.862 bits per heavy atom. The van der Waals surface area contributed by atoms with E-state index in [0.717, 1.165) is 24.8 Å². The normalized spacial score (nSPS) is 11.2. The monoisotopic (exact) mass is 401 g/mol. The Morgan fingerprint density at radius 3 is 2.07 bits per heavy atom. The van der Waals surface area contributed by atoms with Gasteiger partial charge >= 0.3 is 5.97 Å². The van der Waals surface area contributed by atoms with Crippen LogP contribution in [0.4, 0.5) is 5.69 Å². The largest absolute Gasteiger partial charge is 0.426 e. The fraction of sp³-hybridized carbons (Fsp3) is 0.654. The molecule has 1 aromatic carbocycles. The lowest BCUT2D eigenvalue weighted by molar-refractivity contribution is -0.134. The van der Waals surface area contributed by atoms with Gasteiger partial charge in [0.1, 0.15) is 5.75 Å². The van der Waals surface area contributed by atoms with Gasteiger partial charge in [-0.15, -0.1) is 0 Å². The van der Waals surface area contributed by atoms with Crippen LogP contribution < -0.4 is 10.5 Å². The van der Waals surface area contributed by atoms with Gasteiger partial charge < -0.3 is 10.5 Å². The molecule has 0 atom stereocenters. The topological polar surface area (TPSA) is 52.3 Å². The molecule has 0 aromatic heterocycles. The quantitative estimate of drug-likeness (QED) is 0.0953. The van der Waals surface area contributed by atoms with Crippen LogP contribution in [0.3, 0.4) is 0 Å². The second-order valence-electron chi connectivity index (χ2n) is 7.99. The number of hydrogen-bond donors (Lipinski definition) is 1. The van der Waals surface area contributed by atoms with Gasteiger partial charge in [-0.05, 0) is 50.7 Å². The average Bonchev–Trinajstić information content (AvgIpc) is 2.71. The van der Waals surface area contributed by atoms with Crippen molar-refractivity contribution in [1.29, 1.82) is 0 Å². The maximum absolute atomic E-state index is 12.1. The Morgan fingerprint density at radius 2 is 1.45 bits per heavy atom. The predicted molar refractivity (Wildman–Crippen MR) is 125 cm³/mol. The van der Waals surface area contributed by atoms with Crippen LogP contribution >= 0.6 is 0 Å². The number of anilines is 1. The van der Waals surface area contributed by atoms with Crippen LogP contribution in [-0.2, 0) is 11.2 Å². The highest BCUT2D eigenvalue weighted by molar-refractivity contribution is 5.73. The fourth-order valence-corrected chi connectivity index (χ4v) is 3.57. The highest BCUT2D eigenvalue weighted by atomic mass is 16.5. The van der Waals surface area contributed by atoms with E-state index in [4.69, 9.17) is 10.5 Å². The zero-order valence-corrected chi connectivity index (χ0v) is 18.9. The molecule has 0 aliphatic heterocycles. The molecular weight excluding hydrogens is 358 g/mol. The third-order valence-electron chi connectivity index (χ3n) is 5.39. The molecule has 0 radical (unpaired) electrons. The van der Waals surface area contributed by atoms with Crippen LogP contribution in [-0.4, -0.2) is 5.97 Å². The van der Waals surface area contributed by atoms with Crippen molar-refractivity contribution in [3.05, 3.63) is 35.9 Å². The number of nitrogens with two attached hydrogens (primary N) is 1. The minimum Gasteiger partial charge on any atom is -0.426 e. The van der Waals surface area contributed by atoms with Gasteiger partial charge in [-0.2, -0.15) is 0 Å². The molecule has 0 aliphatic carbocycles. The van der Waals surface area contributed by atoms with Gasteiger partial charge in [0.05, 0.1) is 0 Å². The number of rotatable bonds is 17. The second-order valence-corrected chi connectivity index (χ2v) is 7.99. The maximum atomic E-state index is 12.1. The number of benzene rings is 1. The maximum Gasteiger partial charge on any atom is 0.311 e. The van der Waals surface area contributed by atoms with Gasteiger partial charge in [0.2, 0.25) is 0 Å². The molecule has 0 fully saturated rings. The first-order chi connectivity index (χ1) is 14.2. The number of nitrogen functional groups attached to an aromatic ring is 1. The smallest absolute Gasteiger partial charge is 0.311 e. The summed E-state index contributed by atoms with van der Waals surface area (Å²) < 4.78 is 5.51. The summed E-state index contributed by atoms with van der Waals surface area (Å²) in [7, 11) is 0. The summed E-state index contributed by atoms with van der Waals surface area (Å²) in [5.41, 5.74) is 7.56. The molecule has 0 spiro atoms. The molecule has 3 heteroatoms. The Bertz CT molecular complexity index is 580. The fourth-order valence-electron chi connectivity index (χ4n) is 3.57. The number of carbonyl (C=O) groups excluding carboxylic acids is 1. The first-order valence-electron chi connectivity index (χ1n) is 11.9. The van der Waals surface area contributed by atoms with Crippen molar-refractivity contribution in [2.75, 3.05) is 5.73 Å². The third kappa shape index (κ3) is 12.4. The zero-order chi connectivity index (χ0) is 21.2. The van der Waals surface area contributed by atoms with Crippen molar-refractivity contribution in [2.24, 2.45) is 0 Å². The number of carbonyl (C=O) groups is 1. The lowest BCUT2D eigenvalue weighted by Crippen LogP contribution is -2.09. The molecule has 0 heterocycles. The third-order valence-corrected chi connectivity index (χ3v) is 5.39. The van der Waals surface area contributed by atoms with Gasteiger partial charge in [-0.25, -0.2) is 0 Å². The van der Waals surface area contributed by atoms with Crippen LogP contribution in [0, 0.1) is 0 Å². The first-order valence-corrected chi connectivity index (χ1v) is 11.9. The van der Waals surface area contributed by atoms with E-state index in [-0.39, 0.29) is 5.97 Å². The Hall–Kier alpha value is -1.77. The summed E-state index contributed by atoms with van der Waals surface area (Å²) in [5.74, 6) is 0.466. The number of esters is 1. The van der Waals surface area contributed by atoms with Crippen molar-refractivity contribution < 1.29 is 9.53 Å². The number of unbranched alkanes of at least 4 members (excludes halogenated alkanes) is 11. The Labute approximate surface area is 179 Å². The number of ether oxygens (including phenoxy) is 1.